The number of aromatic nitrogens is 3. The van der Waals surface area contributed by atoms with Gasteiger partial charge in [0.15, 0.2) is 5.65 Å². The Morgan fingerprint density at radius 2 is 1.70 bits per heavy atom. The van der Waals surface area contributed by atoms with Crippen LogP contribution in [0.15, 0.2) is 28.7 Å². The lowest BCUT2D eigenvalue weighted by Crippen LogP contribution is -2.01. The lowest BCUT2D eigenvalue weighted by atomic mass is 10.2. The smallest absolute Gasteiger partial charge is 0.150 e. The van der Waals surface area contributed by atoms with Gasteiger partial charge in [-0.1, -0.05) is 15.9 Å². The summed E-state index contributed by atoms with van der Waals surface area (Å²) in [5.41, 5.74) is 10.3. The van der Waals surface area contributed by atoms with Crippen molar-refractivity contribution >= 4 is 32.8 Å². The highest BCUT2D eigenvalue weighted by Crippen LogP contribution is 2.30. The predicted molar refractivity (Wildman–Crippen MR) is 85.2 cm³/mol. The average molecular weight is 331 g/mol. The Morgan fingerprint density at radius 1 is 1.05 bits per heavy atom. The van der Waals surface area contributed by atoms with Crippen LogP contribution < -0.4 is 5.73 Å². The third-order valence-electron chi connectivity index (χ3n) is 3.58. The SMILES string of the molecule is Cc1nc(N)c2c(C)c(C)n(-c3ccc(Br)cc3)c2n1. The monoisotopic (exact) mass is 330 g/mol. The number of nitrogen functional groups attached to an aromatic ring is 1. The Balaban J connectivity index is 2.41. The number of hydrogen-bond acceptors (Lipinski definition) is 3. The van der Waals surface area contributed by atoms with Gasteiger partial charge in [-0.25, -0.2) is 9.97 Å². The van der Waals surface area contributed by atoms with Crippen LogP contribution in [-0.4, -0.2) is 14.5 Å². The van der Waals surface area contributed by atoms with Crippen molar-refractivity contribution in [2.24, 2.45) is 0 Å². The van der Waals surface area contributed by atoms with Gasteiger partial charge < -0.3 is 5.73 Å². The van der Waals surface area contributed by atoms with Gasteiger partial charge in [-0.3, -0.25) is 4.57 Å². The number of fused-ring (bicyclic) bond motifs is 1. The number of halogens is 1. The van der Waals surface area contributed by atoms with Crippen molar-refractivity contribution in [3.05, 3.63) is 45.8 Å². The Kier molecular flexibility index (Phi) is 3.01. The van der Waals surface area contributed by atoms with E-state index in [0.29, 0.717) is 11.6 Å². The van der Waals surface area contributed by atoms with Crippen molar-refractivity contribution < 1.29 is 0 Å². The molecule has 0 radical (unpaired) electrons. The van der Waals surface area contributed by atoms with E-state index in [9.17, 15) is 0 Å². The van der Waals surface area contributed by atoms with Gasteiger partial charge in [0, 0.05) is 15.9 Å². The first kappa shape index (κ1) is 13.1. The minimum atomic E-state index is 0.545. The quantitative estimate of drug-likeness (QED) is 0.740. The largest absolute Gasteiger partial charge is 0.383 e. The second-order valence-electron chi connectivity index (χ2n) is 4.88. The zero-order valence-corrected chi connectivity index (χ0v) is 13.2. The molecule has 0 unspecified atom stereocenters. The molecule has 0 spiro atoms. The highest BCUT2D eigenvalue weighted by Gasteiger charge is 2.17. The normalized spacial score (nSPS) is 11.2. The van der Waals surface area contributed by atoms with E-state index < -0.39 is 0 Å². The summed E-state index contributed by atoms with van der Waals surface area (Å²) in [4.78, 5) is 8.85. The number of benzene rings is 1. The second kappa shape index (κ2) is 4.59. The Hall–Kier alpha value is -1.88. The van der Waals surface area contributed by atoms with Crippen LogP contribution in [0, 0.1) is 20.8 Å². The Morgan fingerprint density at radius 3 is 2.35 bits per heavy atom. The molecule has 0 bridgehead atoms. The van der Waals surface area contributed by atoms with E-state index in [1.54, 1.807) is 0 Å². The first-order chi connectivity index (χ1) is 9.49. The molecule has 0 aliphatic carbocycles. The minimum Gasteiger partial charge on any atom is -0.383 e. The fourth-order valence-electron chi connectivity index (χ4n) is 2.51. The molecular weight excluding hydrogens is 316 g/mol. The van der Waals surface area contributed by atoms with E-state index in [1.165, 1.54) is 0 Å². The summed E-state index contributed by atoms with van der Waals surface area (Å²) in [5, 5.41) is 0.941. The molecule has 3 rings (SSSR count). The Bertz CT molecular complexity index is 803. The van der Waals surface area contributed by atoms with Gasteiger partial charge >= 0.3 is 0 Å². The molecule has 0 amide bonds. The van der Waals surface area contributed by atoms with Crippen LogP contribution >= 0.6 is 15.9 Å². The molecule has 0 aliphatic heterocycles. The first-order valence-corrected chi connectivity index (χ1v) is 7.16. The van der Waals surface area contributed by atoms with Gasteiger partial charge in [-0.05, 0) is 50.6 Å². The summed E-state index contributed by atoms with van der Waals surface area (Å²) in [6.07, 6.45) is 0. The van der Waals surface area contributed by atoms with Gasteiger partial charge in [0.1, 0.15) is 11.6 Å². The average Bonchev–Trinajstić information content (AvgIpc) is 2.63. The fraction of sp³-hybridized carbons (Fsp3) is 0.200. The summed E-state index contributed by atoms with van der Waals surface area (Å²) in [7, 11) is 0. The summed E-state index contributed by atoms with van der Waals surface area (Å²) < 4.78 is 3.18. The molecule has 4 nitrogen and oxygen atoms in total. The molecule has 20 heavy (non-hydrogen) atoms. The van der Waals surface area contributed by atoms with Crippen LogP contribution in [0.5, 0.6) is 0 Å². The number of aryl methyl sites for hydroxylation is 2. The molecular formula is C15H15BrN4. The van der Waals surface area contributed by atoms with E-state index >= 15 is 0 Å². The van der Waals surface area contributed by atoms with E-state index in [2.05, 4.69) is 56.4 Å². The van der Waals surface area contributed by atoms with Gasteiger partial charge in [0.05, 0.1) is 5.39 Å². The lowest BCUT2D eigenvalue weighted by molar-refractivity contribution is 0.995. The predicted octanol–water partition coefficient (Wildman–Crippen LogP) is 3.69. The summed E-state index contributed by atoms with van der Waals surface area (Å²) >= 11 is 3.46. The third-order valence-corrected chi connectivity index (χ3v) is 4.11. The molecule has 0 saturated carbocycles. The van der Waals surface area contributed by atoms with Crippen LogP contribution in [0.2, 0.25) is 0 Å². The Labute approximate surface area is 125 Å². The number of rotatable bonds is 1. The highest BCUT2D eigenvalue weighted by atomic mass is 79.9. The van der Waals surface area contributed by atoms with Crippen molar-refractivity contribution in [2.75, 3.05) is 5.73 Å². The zero-order chi connectivity index (χ0) is 14.4. The molecule has 0 saturated heterocycles. The van der Waals surface area contributed by atoms with Crippen molar-refractivity contribution in [1.82, 2.24) is 14.5 Å². The molecule has 2 heterocycles. The van der Waals surface area contributed by atoms with Crippen molar-refractivity contribution in [1.29, 1.82) is 0 Å². The van der Waals surface area contributed by atoms with E-state index in [1.807, 2.05) is 19.1 Å². The molecule has 5 heteroatoms. The van der Waals surface area contributed by atoms with Crippen LogP contribution in [0.3, 0.4) is 0 Å². The zero-order valence-electron chi connectivity index (χ0n) is 11.6. The van der Waals surface area contributed by atoms with E-state index in [4.69, 9.17) is 5.73 Å². The number of anilines is 1. The molecule has 102 valence electrons. The maximum Gasteiger partial charge on any atom is 0.150 e. The third kappa shape index (κ3) is 1.89. The molecule has 2 aromatic heterocycles. The van der Waals surface area contributed by atoms with Crippen molar-refractivity contribution in [3.8, 4) is 5.69 Å². The molecule has 0 aliphatic rings. The maximum atomic E-state index is 6.07. The van der Waals surface area contributed by atoms with Gasteiger partial charge in [-0.15, -0.1) is 0 Å². The molecule has 0 atom stereocenters. The van der Waals surface area contributed by atoms with Crippen LogP contribution in [0.25, 0.3) is 16.7 Å². The molecule has 3 aromatic rings. The second-order valence-corrected chi connectivity index (χ2v) is 5.79. The minimum absolute atomic E-state index is 0.545. The molecule has 0 fully saturated rings. The van der Waals surface area contributed by atoms with Gasteiger partial charge in [-0.2, -0.15) is 0 Å². The summed E-state index contributed by atoms with van der Waals surface area (Å²) in [6.45, 7) is 6.00. The van der Waals surface area contributed by atoms with Crippen LogP contribution in [0.1, 0.15) is 17.1 Å². The molecule has 2 N–H and O–H groups in total. The fourth-order valence-corrected chi connectivity index (χ4v) is 2.78. The van der Waals surface area contributed by atoms with Gasteiger partial charge in [0.25, 0.3) is 0 Å². The first-order valence-electron chi connectivity index (χ1n) is 6.36. The summed E-state index contributed by atoms with van der Waals surface area (Å²) in [6, 6.07) is 8.16. The maximum absolute atomic E-state index is 6.07. The van der Waals surface area contributed by atoms with E-state index in [-0.39, 0.29) is 0 Å². The van der Waals surface area contributed by atoms with E-state index in [0.717, 1.165) is 32.5 Å². The number of nitrogens with zero attached hydrogens (tertiary/aromatic N) is 3. The highest BCUT2D eigenvalue weighted by molar-refractivity contribution is 9.10. The number of nitrogens with two attached hydrogens (primary N) is 1. The number of hydrogen-bond donors (Lipinski definition) is 1. The standard InChI is InChI=1S/C15H15BrN4/c1-8-9(2)20(12-6-4-11(16)5-7-12)15-13(8)14(17)18-10(3)19-15/h4-7H,1-3H3,(H2,17,18,19). The van der Waals surface area contributed by atoms with Crippen molar-refractivity contribution in [2.45, 2.75) is 20.8 Å². The lowest BCUT2D eigenvalue weighted by Gasteiger charge is -2.08. The topological polar surface area (TPSA) is 56.7 Å². The van der Waals surface area contributed by atoms with Crippen LogP contribution in [0.4, 0.5) is 5.82 Å². The molecule has 1 aromatic carbocycles. The van der Waals surface area contributed by atoms with Gasteiger partial charge in [0.2, 0.25) is 0 Å². The van der Waals surface area contributed by atoms with Crippen LogP contribution in [-0.2, 0) is 0 Å². The van der Waals surface area contributed by atoms with Crippen molar-refractivity contribution in [3.63, 3.8) is 0 Å². The summed E-state index contributed by atoms with van der Waals surface area (Å²) in [5.74, 6) is 1.23.